The van der Waals surface area contributed by atoms with Gasteiger partial charge in [0.15, 0.2) is 23.0 Å². The monoisotopic (exact) mass is 917 g/mol. The van der Waals surface area contributed by atoms with Gasteiger partial charge in [-0.05, 0) is 105 Å². The van der Waals surface area contributed by atoms with Gasteiger partial charge in [0.05, 0.1) is 17.2 Å². The first-order valence-corrected chi connectivity index (χ1v) is 22.6. The lowest BCUT2D eigenvalue weighted by atomic mass is 9.78. The van der Waals surface area contributed by atoms with E-state index in [-0.39, 0.29) is 70.7 Å². The molecule has 6 aromatic rings. The van der Waals surface area contributed by atoms with Crippen molar-refractivity contribution in [3.63, 3.8) is 0 Å². The topological polar surface area (TPSA) is 251 Å². The van der Waals surface area contributed by atoms with Gasteiger partial charge in [-0.15, -0.1) is 10.2 Å². The lowest BCUT2D eigenvalue weighted by Crippen LogP contribution is -2.58. The van der Waals surface area contributed by atoms with Crippen molar-refractivity contribution in [1.29, 1.82) is 0 Å². The molecule has 4 amide bonds. The number of nitrogens with one attached hydrogen (secondary N) is 5. The lowest BCUT2D eigenvalue weighted by molar-refractivity contribution is -0.118. The maximum atomic E-state index is 14.6. The fourth-order valence-electron chi connectivity index (χ4n) is 9.46. The molecule has 0 radical (unpaired) electrons. The molecule has 7 atom stereocenters. The van der Waals surface area contributed by atoms with Crippen LogP contribution < -0.4 is 42.1 Å². The van der Waals surface area contributed by atoms with Gasteiger partial charge < -0.3 is 42.1 Å². The average Bonchev–Trinajstić information content (AvgIpc) is 3.34. The smallest absolute Gasteiger partial charge is 0.273 e. The second-order valence-corrected chi connectivity index (χ2v) is 17.5. The molecule has 350 valence electrons. The van der Waals surface area contributed by atoms with Crippen LogP contribution in [0.4, 0.5) is 34.8 Å². The van der Waals surface area contributed by atoms with Gasteiger partial charge >= 0.3 is 0 Å². The van der Waals surface area contributed by atoms with E-state index in [4.69, 9.17) is 20.7 Å². The minimum absolute atomic E-state index is 0.0163. The summed E-state index contributed by atoms with van der Waals surface area (Å²) in [5.74, 6) is -0.911. The third-order valence-electron chi connectivity index (χ3n) is 13.2. The van der Waals surface area contributed by atoms with Gasteiger partial charge in [0.1, 0.15) is 5.82 Å². The Morgan fingerprint density at radius 3 is 1.91 bits per heavy atom. The van der Waals surface area contributed by atoms with Crippen LogP contribution in [0.5, 0.6) is 0 Å². The summed E-state index contributed by atoms with van der Waals surface area (Å²) in [6.45, 7) is 11.4. The molecule has 0 aliphatic heterocycles. The predicted molar refractivity (Wildman–Crippen MR) is 262 cm³/mol. The summed E-state index contributed by atoms with van der Waals surface area (Å²) in [5, 5.41) is 26.2. The number of aromatic nitrogens is 7. The Bertz CT molecular complexity index is 2900. The van der Waals surface area contributed by atoms with Gasteiger partial charge in [0.2, 0.25) is 17.8 Å². The van der Waals surface area contributed by atoms with Crippen LogP contribution in [0.1, 0.15) is 66.9 Å². The number of rotatable bonds is 15. The lowest BCUT2D eigenvalue weighted by Gasteiger charge is -2.44. The van der Waals surface area contributed by atoms with Crippen molar-refractivity contribution in [2.75, 3.05) is 34.5 Å². The van der Waals surface area contributed by atoms with E-state index in [9.17, 15) is 19.2 Å². The Morgan fingerprint density at radius 1 is 0.691 bits per heavy atom. The first kappa shape index (κ1) is 46.4. The first-order chi connectivity index (χ1) is 32.8. The molecule has 2 aliphatic rings. The van der Waals surface area contributed by atoms with E-state index in [1.54, 1.807) is 25.6 Å². The molecular formula is C49H55N15O4. The summed E-state index contributed by atoms with van der Waals surface area (Å²) in [6.07, 6.45) is 11.0. The van der Waals surface area contributed by atoms with Crippen LogP contribution in [-0.4, -0.2) is 103 Å². The number of amides is 4. The Kier molecular flexibility index (Phi) is 13.8. The largest absolute Gasteiger partial charge is 0.364 e. The van der Waals surface area contributed by atoms with Crippen molar-refractivity contribution >= 4 is 80.2 Å². The number of hydrogen-bond donors (Lipinski definition) is 6. The minimum Gasteiger partial charge on any atom is -0.364 e. The molecule has 0 spiro atoms. The van der Waals surface area contributed by atoms with Crippen LogP contribution >= 0.6 is 0 Å². The van der Waals surface area contributed by atoms with Crippen LogP contribution in [0, 0.1) is 11.8 Å². The van der Waals surface area contributed by atoms with E-state index in [0.29, 0.717) is 30.0 Å². The standard InChI is InChI=1S/C49H55N15O4/c1-7-41(65)57-34-14-9-15-38(27(34)3)63(5)40-26-53-44(47(59-40)55-32-17-19-36-30(23-32)13-11-21-52-36)48(68)56-33-24-37(58-42(66)8-2)28(4)39(25-33)64(6)49-60-46(43(45(50)67)61-62-49)54-31-16-18-35-29(22-31)12-10-20-51-35/h7-8,10-13,16-23,26-28,33-34,37-39H,1-2,9,14-15,24-25H2,3-6H3,(H2,50,67)(H,55,59)(H,56,68)(H,57,65)(H,58,66)(H,54,60,62)/t27-,28-,33?,34?,37?,38+,39+/m0/s1. The number of carbonyl (C=O) groups excluding carboxylic acids is 4. The number of hydrogen-bond acceptors (Lipinski definition) is 15. The molecule has 4 heterocycles. The van der Waals surface area contributed by atoms with Gasteiger partial charge in [-0.1, -0.05) is 39.1 Å². The molecular weight excluding hydrogens is 863 g/mol. The molecule has 3 unspecified atom stereocenters. The third-order valence-corrected chi connectivity index (χ3v) is 13.2. The molecule has 68 heavy (non-hydrogen) atoms. The van der Waals surface area contributed by atoms with E-state index in [1.165, 1.54) is 12.2 Å². The number of anilines is 6. The van der Waals surface area contributed by atoms with Crippen LogP contribution in [-0.2, 0) is 9.59 Å². The molecule has 19 nitrogen and oxygen atoms in total. The van der Waals surface area contributed by atoms with E-state index in [0.717, 1.165) is 41.1 Å². The second-order valence-electron chi connectivity index (χ2n) is 17.5. The third kappa shape index (κ3) is 10.2. The van der Waals surface area contributed by atoms with Crippen LogP contribution in [0.25, 0.3) is 21.8 Å². The number of carbonyl (C=O) groups is 4. The zero-order chi connectivity index (χ0) is 48.1. The van der Waals surface area contributed by atoms with E-state index < -0.39 is 23.9 Å². The van der Waals surface area contributed by atoms with E-state index >= 15 is 0 Å². The fourth-order valence-corrected chi connectivity index (χ4v) is 9.46. The summed E-state index contributed by atoms with van der Waals surface area (Å²) in [6, 6.07) is 17.5. The van der Waals surface area contributed by atoms with Crippen molar-refractivity contribution in [2.24, 2.45) is 17.6 Å². The first-order valence-electron chi connectivity index (χ1n) is 22.6. The zero-order valence-electron chi connectivity index (χ0n) is 38.4. The Balaban J connectivity index is 1.08. The number of primary amides is 1. The molecule has 4 aromatic heterocycles. The highest BCUT2D eigenvalue weighted by Gasteiger charge is 2.40. The Labute approximate surface area is 393 Å². The summed E-state index contributed by atoms with van der Waals surface area (Å²) in [5.41, 5.74) is 8.55. The van der Waals surface area contributed by atoms with Crippen molar-refractivity contribution in [2.45, 2.75) is 76.2 Å². The van der Waals surface area contributed by atoms with Gasteiger partial charge in [-0.2, -0.15) is 4.98 Å². The maximum Gasteiger partial charge on any atom is 0.273 e. The average molecular weight is 918 g/mol. The summed E-state index contributed by atoms with van der Waals surface area (Å²) in [4.78, 5) is 79.6. The number of nitrogens with zero attached hydrogens (tertiary/aromatic N) is 9. The van der Waals surface area contributed by atoms with Crippen molar-refractivity contribution in [3.05, 3.63) is 116 Å². The molecule has 2 fully saturated rings. The number of pyridine rings is 2. The molecule has 0 saturated heterocycles. The number of benzene rings is 2. The van der Waals surface area contributed by atoms with Crippen molar-refractivity contribution in [3.8, 4) is 0 Å². The van der Waals surface area contributed by atoms with Crippen molar-refractivity contribution in [1.82, 2.24) is 51.1 Å². The summed E-state index contributed by atoms with van der Waals surface area (Å²) in [7, 11) is 3.75. The predicted octanol–water partition coefficient (Wildman–Crippen LogP) is 5.34. The normalized spacial score (nSPS) is 21.2. The van der Waals surface area contributed by atoms with Crippen LogP contribution in [0.3, 0.4) is 0 Å². The van der Waals surface area contributed by atoms with Crippen molar-refractivity contribution < 1.29 is 19.2 Å². The molecule has 2 aromatic carbocycles. The number of nitrogens with two attached hydrogens (primary N) is 1. The SMILES string of the molecule is C=CC(=O)NC1CCC[C@@H](N(C)c2cnc(C(=O)NC3CC(NC(=O)C=C)[C@H](C)[C@H](N(C)c4nnc(C(N)=O)c(Nc5ccc6ncccc6c5)n4)C3)c(Nc3ccc4ncccc4c3)n2)[C@H]1C. The van der Waals surface area contributed by atoms with Gasteiger partial charge in [-0.25, -0.2) is 9.97 Å². The van der Waals surface area contributed by atoms with E-state index in [2.05, 4.69) is 71.7 Å². The highest BCUT2D eigenvalue weighted by molar-refractivity contribution is 5.98. The summed E-state index contributed by atoms with van der Waals surface area (Å²) >= 11 is 0. The minimum atomic E-state index is -0.814. The fraction of sp³-hybridized carbons (Fsp3) is 0.327. The molecule has 2 saturated carbocycles. The Morgan fingerprint density at radius 2 is 1.29 bits per heavy atom. The second kappa shape index (κ2) is 20.2. The highest BCUT2D eigenvalue weighted by atomic mass is 16.2. The summed E-state index contributed by atoms with van der Waals surface area (Å²) < 4.78 is 0. The molecule has 7 N–H and O–H groups in total. The highest BCUT2D eigenvalue weighted by Crippen LogP contribution is 2.34. The Hall–Kier alpha value is -8.09. The van der Waals surface area contributed by atoms with Gasteiger partial charge in [0.25, 0.3) is 11.8 Å². The van der Waals surface area contributed by atoms with Crippen LogP contribution in [0.2, 0.25) is 0 Å². The van der Waals surface area contributed by atoms with Gasteiger partial charge in [0, 0.05) is 78.8 Å². The molecule has 8 rings (SSSR count). The maximum absolute atomic E-state index is 14.6. The quantitative estimate of drug-likeness (QED) is 0.0711. The van der Waals surface area contributed by atoms with Crippen LogP contribution in [0.15, 0.2) is 105 Å². The molecule has 2 aliphatic carbocycles. The number of fused-ring (bicyclic) bond motifs is 2. The molecule has 19 heteroatoms. The molecule has 0 bridgehead atoms. The van der Waals surface area contributed by atoms with E-state index in [1.807, 2.05) is 79.5 Å². The zero-order valence-corrected chi connectivity index (χ0v) is 38.4. The van der Waals surface area contributed by atoms with Gasteiger partial charge in [-0.3, -0.25) is 29.1 Å².